The first-order valence-corrected chi connectivity index (χ1v) is 14.7. The Kier molecular flexibility index (Phi) is 15.0. The number of nitrogens with zero attached hydrogens (tertiary/aromatic N) is 1. The number of hydrogen-bond acceptors (Lipinski definition) is 3. The molecule has 2 aromatic rings. The molecule has 0 aliphatic carbocycles. The Bertz CT molecular complexity index is 865. The minimum Gasteiger partial charge on any atom is -0.490 e. The van der Waals surface area contributed by atoms with Crippen LogP contribution >= 0.6 is 0 Å². The normalized spacial score (nSPS) is 12.3. The van der Waals surface area contributed by atoms with Crippen LogP contribution in [0.1, 0.15) is 89.2 Å². The van der Waals surface area contributed by atoms with Crippen LogP contribution in [0.2, 0.25) is 0 Å². The summed E-state index contributed by atoms with van der Waals surface area (Å²) in [5, 5.41) is 0. The van der Waals surface area contributed by atoms with Gasteiger partial charge in [0.2, 0.25) is 0 Å². The summed E-state index contributed by atoms with van der Waals surface area (Å²) in [6.07, 6.45) is 14.0. The molecule has 0 aromatic heterocycles. The Hall–Kier alpha value is -2.33. The van der Waals surface area contributed by atoms with Crippen molar-refractivity contribution in [3.05, 3.63) is 65.7 Å². The molecule has 1 atom stereocenters. The quantitative estimate of drug-likeness (QED) is 0.103. The molecule has 0 radical (unpaired) electrons. The molecule has 37 heavy (non-hydrogen) atoms. The van der Waals surface area contributed by atoms with E-state index >= 15 is 0 Å². The highest BCUT2D eigenvalue weighted by molar-refractivity contribution is 5.72. The van der Waals surface area contributed by atoms with Gasteiger partial charge in [-0.15, -0.1) is 0 Å². The Morgan fingerprint density at radius 3 is 2.11 bits per heavy atom. The fourth-order valence-corrected chi connectivity index (χ4v) is 4.96. The highest BCUT2D eigenvalue weighted by atomic mass is 16.6. The SMILES string of the molecule is CCCCCCCCCCCc1cccc(OCCOC(=O)C(CC)C[N+](C)(C)Cc2ccccc2)c1. The number of benzene rings is 2. The maximum Gasteiger partial charge on any atom is 0.314 e. The minimum absolute atomic E-state index is 0.113. The molecule has 0 aliphatic rings. The van der Waals surface area contributed by atoms with Crippen molar-refractivity contribution in [2.24, 2.45) is 5.92 Å². The number of esters is 1. The zero-order chi connectivity index (χ0) is 26.8. The third-order valence-corrected chi connectivity index (χ3v) is 7.06. The largest absolute Gasteiger partial charge is 0.490 e. The number of quaternary nitrogens is 1. The zero-order valence-corrected chi connectivity index (χ0v) is 24.1. The lowest BCUT2D eigenvalue weighted by Gasteiger charge is -2.32. The molecular formula is C33H52NO3+. The van der Waals surface area contributed by atoms with E-state index in [1.54, 1.807) is 0 Å². The maximum atomic E-state index is 12.7. The van der Waals surface area contributed by atoms with E-state index in [1.807, 2.05) is 12.1 Å². The second-order valence-corrected chi connectivity index (χ2v) is 11.1. The van der Waals surface area contributed by atoms with Crippen molar-refractivity contribution in [2.75, 3.05) is 33.9 Å². The number of hydrogen-bond donors (Lipinski definition) is 0. The van der Waals surface area contributed by atoms with Gasteiger partial charge in [-0.05, 0) is 37.0 Å². The predicted octanol–water partition coefficient (Wildman–Crippen LogP) is 7.98. The number of carbonyl (C=O) groups is 1. The highest BCUT2D eigenvalue weighted by Gasteiger charge is 2.28. The number of aryl methyl sites for hydroxylation is 1. The first-order valence-electron chi connectivity index (χ1n) is 14.7. The first-order chi connectivity index (χ1) is 17.9. The van der Waals surface area contributed by atoms with Crippen LogP contribution in [0.25, 0.3) is 0 Å². The molecule has 0 fully saturated rings. The van der Waals surface area contributed by atoms with E-state index < -0.39 is 0 Å². The van der Waals surface area contributed by atoms with Gasteiger partial charge in [0.05, 0.1) is 20.6 Å². The smallest absolute Gasteiger partial charge is 0.314 e. The van der Waals surface area contributed by atoms with E-state index in [2.05, 4.69) is 70.4 Å². The Labute approximate surface area is 227 Å². The molecule has 0 spiro atoms. The zero-order valence-electron chi connectivity index (χ0n) is 24.1. The van der Waals surface area contributed by atoms with Gasteiger partial charge in [0.1, 0.15) is 31.4 Å². The van der Waals surface area contributed by atoms with Crippen LogP contribution in [0.5, 0.6) is 5.75 Å². The van der Waals surface area contributed by atoms with Gasteiger partial charge in [-0.3, -0.25) is 4.79 Å². The average Bonchev–Trinajstić information content (AvgIpc) is 2.89. The summed E-state index contributed by atoms with van der Waals surface area (Å²) in [7, 11) is 4.35. The van der Waals surface area contributed by atoms with Crippen molar-refractivity contribution in [1.29, 1.82) is 0 Å². The van der Waals surface area contributed by atoms with Crippen LogP contribution in [-0.2, 0) is 22.5 Å². The molecule has 0 heterocycles. The molecule has 0 N–H and O–H groups in total. The lowest BCUT2D eigenvalue weighted by atomic mass is 10.0. The van der Waals surface area contributed by atoms with Gasteiger partial charge < -0.3 is 14.0 Å². The Morgan fingerprint density at radius 1 is 0.784 bits per heavy atom. The van der Waals surface area contributed by atoms with Crippen molar-refractivity contribution >= 4 is 5.97 Å². The molecule has 0 aliphatic heterocycles. The predicted molar refractivity (Wildman–Crippen MR) is 155 cm³/mol. The second kappa shape index (κ2) is 18.0. The first kappa shape index (κ1) is 30.9. The second-order valence-electron chi connectivity index (χ2n) is 11.1. The van der Waals surface area contributed by atoms with E-state index in [4.69, 9.17) is 9.47 Å². The molecular weight excluding hydrogens is 458 g/mol. The van der Waals surface area contributed by atoms with Gasteiger partial charge in [-0.2, -0.15) is 0 Å². The lowest BCUT2D eigenvalue weighted by Crippen LogP contribution is -2.44. The van der Waals surface area contributed by atoms with Crippen LogP contribution in [0.3, 0.4) is 0 Å². The topological polar surface area (TPSA) is 35.5 Å². The van der Waals surface area contributed by atoms with Crippen LogP contribution in [0.15, 0.2) is 54.6 Å². The van der Waals surface area contributed by atoms with Gasteiger partial charge in [0, 0.05) is 5.56 Å². The molecule has 4 nitrogen and oxygen atoms in total. The monoisotopic (exact) mass is 510 g/mol. The van der Waals surface area contributed by atoms with Crippen molar-refractivity contribution < 1.29 is 18.8 Å². The number of unbranched alkanes of at least 4 members (excludes halogenated alkanes) is 8. The van der Waals surface area contributed by atoms with Crippen molar-refractivity contribution in [1.82, 2.24) is 0 Å². The summed E-state index contributed by atoms with van der Waals surface area (Å²) in [5.74, 6) is 0.625. The molecule has 0 saturated carbocycles. The standard InChI is InChI=1S/C33H52NO3/c1-5-7-8-9-10-11-12-13-15-19-29-22-18-23-32(26-29)36-24-25-37-33(35)31(6-2)28-34(3,4)27-30-20-16-14-17-21-30/h14,16-18,20-23,26,31H,5-13,15,19,24-25,27-28H2,1-4H3/q+1. The molecule has 1 unspecified atom stereocenters. The molecule has 0 bridgehead atoms. The van der Waals surface area contributed by atoms with Crippen molar-refractivity contribution in [3.8, 4) is 5.75 Å². The van der Waals surface area contributed by atoms with Gasteiger partial charge in [-0.25, -0.2) is 0 Å². The van der Waals surface area contributed by atoms with E-state index in [0.29, 0.717) is 6.61 Å². The molecule has 206 valence electrons. The molecule has 2 rings (SSSR count). The van der Waals surface area contributed by atoms with E-state index in [-0.39, 0.29) is 18.5 Å². The van der Waals surface area contributed by atoms with E-state index in [1.165, 1.54) is 68.9 Å². The van der Waals surface area contributed by atoms with Crippen molar-refractivity contribution in [3.63, 3.8) is 0 Å². The average molecular weight is 511 g/mol. The number of rotatable bonds is 20. The van der Waals surface area contributed by atoms with Crippen molar-refractivity contribution in [2.45, 2.75) is 91.0 Å². The van der Waals surface area contributed by atoms with Gasteiger partial charge >= 0.3 is 5.97 Å². The van der Waals surface area contributed by atoms with Gasteiger partial charge in [-0.1, -0.05) is 108 Å². The third-order valence-electron chi connectivity index (χ3n) is 7.06. The summed E-state index contributed by atoms with van der Waals surface area (Å²) in [6, 6.07) is 18.8. The molecule has 0 amide bonds. The molecule has 0 saturated heterocycles. The third kappa shape index (κ3) is 13.7. The summed E-state index contributed by atoms with van der Waals surface area (Å²) < 4.78 is 12.3. The summed E-state index contributed by atoms with van der Waals surface area (Å²) in [5.41, 5.74) is 2.60. The van der Waals surface area contributed by atoms with Gasteiger partial charge in [0.15, 0.2) is 0 Å². The Balaban J connectivity index is 1.64. The molecule has 2 aromatic carbocycles. The van der Waals surface area contributed by atoms with Gasteiger partial charge in [0.25, 0.3) is 0 Å². The summed E-state index contributed by atoms with van der Waals surface area (Å²) in [4.78, 5) is 12.7. The fourth-order valence-electron chi connectivity index (χ4n) is 4.96. The minimum atomic E-state index is -0.121. The van der Waals surface area contributed by atoms with E-state index in [0.717, 1.165) is 36.2 Å². The summed E-state index contributed by atoms with van der Waals surface area (Å²) >= 11 is 0. The maximum absolute atomic E-state index is 12.7. The Morgan fingerprint density at radius 2 is 1.43 bits per heavy atom. The van der Waals surface area contributed by atoms with Crippen LogP contribution < -0.4 is 4.74 Å². The highest BCUT2D eigenvalue weighted by Crippen LogP contribution is 2.18. The summed E-state index contributed by atoms with van der Waals surface area (Å²) in [6.45, 7) is 6.64. The van der Waals surface area contributed by atoms with Crippen LogP contribution in [-0.4, -0.2) is 44.3 Å². The van der Waals surface area contributed by atoms with Crippen LogP contribution in [0.4, 0.5) is 0 Å². The fraction of sp³-hybridized carbons (Fsp3) is 0.606. The lowest BCUT2D eigenvalue weighted by molar-refractivity contribution is -0.906. The number of ether oxygens (including phenoxy) is 2. The van der Waals surface area contributed by atoms with E-state index in [9.17, 15) is 4.79 Å². The molecule has 4 heteroatoms. The number of carbonyl (C=O) groups excluding carboxylic acids is 1. The van der Waals surface area contributed by atoms with Crippen LogP contribution in [0, 0.1) is 5.92 Å².